The predicted octanol–water partition coefficient (Wildman–Crippen LogP) is 6.37. The SMILES string of the molecule is C[C@@H](O)[C@@H](CC(=O)O)NCc1cc(Cl)c(O[C@@H]2CCc3c(-c4ccccc4F)cccc32)cc1OCc1cncc(C#N)c1. The van der Waals surface area contributed by atoms with Crippen molar-refractivity contribution in [3.63, 3.8) is 0 Å². The lowest BCUT2D eigenvalue weighted by Crippen LogP contribution is -2.39. The third-order valence-corrected chi connectivity index (χ3v) is 7.91. The second-order valence-electron chi connectivity index (χ2n) is 10.7. The van der Waals surface area contributed by atoms with Crippen molar-refractivity contribution in [3.05, 3.63) is 112 Å². The van der Waals surface area contributed by atoms with Crippen LogP contribution in [0, 0.1) is 17.1 Å². The van der Waals surface area contributed by atoms with Crippen LogP contribution in [0.3, 0.4) is 0 Å². The van der Waals surface area contributed by atoms with Crippen molar-refractivity contribution in [1.82, 2.24) is 10.3 Å². The molecule has 3 atom stereocenters. The van der Waals surface area contributed by atoms with E-state index in [-0.39, 0.29) is 31.5 Å². The van der Waals surface area contributed by atoms with Gasteiger partial charge in [0.25, 0.3) is 0 Å². The fourth-order valence-electron chi connectivity index (χ4n) is 5.39. The second kappa shape index (κ2) is 13.9. The van der Waals surface area contributed by atoms with Crippen LogP contribution >= 0.6 is 11.6 Å². The second-order valence-corrected chi connectivity index (χ2v) is 11.1. The minimum absolute atomic E-state index is 0.101. The molecule has 0 spiro atoms. The maximum absolute atomic E-state index is 14.6. The zero-order valence-electron chi connectivity index (χ0n) is 24.0. The van der Waals surface area contributed by atoms with Crippen LogP contribution in [0.1, 0.15) is 53.7 Å². The van der Waals surface area contributed by atoms with Crippen LogP contribution in [0.15, 0.2) is 73.1 Å². The number of aromatic nitrogens is 1. The van der Waals surface area contributed by atoms with Crippen molar-refractivity contribution in [1.29, 1.82) is 5.26 Å². The van der Waals surface area contributed by atoms with Gasteiger partial charge in [-0.3, -0.25) is 9.78 Å². The average molecular weight is 616 g/mol. The van der Waals surface area contributed by atoms with Crippen molar-refractivity contribution in [2.24, 2.45) is 0 Å². The zero-order chi connectivity index (χ0) is 31.2. The largest absolute Gasteiger partial charge is 0.488 e. The fraction of sp³-hybridized carbons (Fsp3) is 0.265. The quantitative estimate of drug-likeness (QED) is 0.168. The van der Waals surface area contributed by atoms with E-state index < -0.39 is 18.1 Å². The van der Waals surface area contributed by atoms with Crippen molar-refractivity contribution in [2.45, 2.75) is 57.6 Å². The van der Waals surface area contributed by atoms with Gasteiger partial charge in [0.05, 0.1) is 23.1 Å². The molecule has 0 unspecified atom stereocenters. The third-order valence-electron chi connectivity index (χ3n) is 7.61. The molecule has 3 N–H and O–H groups in total. The first-order chi connectivity index (χ1) is 21.2. The van der Waals surface area contributed by atoms with Gasteiger partial charge in [0, 0.05) is 47.7 Å². The molecule has 1 aliphatic carbocycles. The molecule has 1 aromatic heterocycles. The van der Waals surface area contributed by atoms with Gasteiger partial charge in [0.15, 0.2) is 0 Å². The summed E-state index contributed by atoms with van der Waals surface area (Å²) >= 11 is 6.73. The summed E-state index contributed by atoms with van der Waals surface area (Å²) in [6.45, 7) is 1.78. The standard InChI is InChI=1S/C34H31ClFN3O5/c1-20(40)30(13-34(41)42)39-18-23-12-28(35)33(14-32(23)43-19-22-11-21(15-37)16-38-17-22)44-31-10-9-25-24(6-4-7-27(25)31)26-5-2-3-8-29(26)36/h2-8,11-12,14,16-17,20,30-31,39-40H,9-10,13,18-19H2,1H3,(H,41,42)/t20-,30-,31-/m1/s1. The smallest absolute Gasteiger partial charge is 0.305 e. The number of pyridine rings is 1. The number of rotatable bonds is 12. The number of ether oxygens (including phenoxy) is 2. The molecule has 3 aromatic carbocycles. The highest BCUT2D eigenvalue weighted by Gasteiger charge is 2.28. The minimum atomic E-state index is -1.04. The van der Waals surface area contributed by atoms with Crippen molar-refractivity contribution < 1.29 is 28.9 Å². The molecule has 0 aliphatic heterocycles. The minimum Gasteiger partial charge on any atom is -0.488 e. The Bertz CT molecular complexity index is 1710. The van der Waals surface area contributed by atoms with Crippen molar-refractivity contribution in [3.8, 4) is 28.7 Å². The maximum Gasteiger partial charge on any atom is 0.305 e. The van der Waals surface area contributed by atoms with Crippen LogP contribution in [0.4, 0.5) is 4.39 Å². The molecule has 226 valence electrons. The zero-order valence-corrected chi connectivity index (χ0v) is 24.7. The number of hydrogen-bond donors (Lipinski definition) is 3. The summed E-state index contributed by atoms with van der Waals surface area (Å²) in [5.74, 6) is -0.504. The molecule has 0 saturated heterocycles. The van der Waals surface area contributed by atoms with Gasteiger partial charge in [-0.1, -0.05) is 48.0 Å². The summed E-state index contributed by atoms with van der Waals surface area (Å²) < 4.78 is 27.3. The first kappa shape index (κ1) is 31.0. The monoisotopic (exact) mass is 615 g/mol. The molecule has 4 aromatic rings. The first-order valence-electron chi connectivity index (χ1n) is 14.2. The number of fused-ring (bicyclic) bond motifs is 1. The molecule has 5 rings (SSSR count). The number of carboxylic acid groups (broad SMARTS) is 1. The number of nitrogens with one attached hydrogen (secondary N) is 1. The maximum atomic E-state index is 14.6. The Balaban J connectivity index is 1.43. The van der Waals surface area contributed by atoms with Crippen LogP contribution in [0.2, 0.25) is 5.02 Å². The van der Waals surface area contributed by atoms with E-state index in [0.29, 0.717) is 51.6 Å². The number of carbonyl (C=O) groups is 1. The van der Waals surface area contributed by atoms with Crippen LogP contribution in [0.5, 0.6) is 11.5 Å². The summed E-state index contributed by atoms with van der Waals surface area (Å²) in [6.07, 6.45) is 2.94. The number of nitrogens with zero attached hydrogens (tertiary/aromatic N) is 2. The van der Waals surface area contributed by atoms with E-state index in [1.165, 1.54) is 19.2 Å². The van der Waals surface area contributed by atoms with Crippen molar-refractivity contribution in [2.75, 3.05) is 0 Å². The molecule has 1 heterocycles. The number of aliphatic hydroxyl groups excluding tert-OH is 1. The highest BCUT2D eigenvalue weighted by molar-refractivity contribution is 6.32. The Morgan fingerprint density at radius 1 is 1.16 bits per heavy atom. The van der Waals surface area contributed by atoms with Crippen LogP contribution in [-0.4, -0.2) is 33.3 Å². The number of benzene rings is 3. The molecule has 0 fully saturated rings. The van der Waals surface area contributed by atoms with E-state index in [0.717, 1.165) is 16.7 Å². The normalized spacial score (nSPS) is 15.2. The number of aliphatic hydroxyl groups is 1. The van der Waals surface area contributed by atoms with Crippen LogP contribution in [-0.2, 0) is 24.4 Å². The van der Waals surface area contributed by atoms with Crippen molar-refractivity contribution >= 4 is 17.6 Å². The summed E-state index contributed by atoms with van der Waals surface area (Å²) in [5.41, 5.74) is 5.08. The van der Waals surface area contributed by atoms with E-state index >= 15 is 0 Å². The Labute approximate surface area is 259 Å². The summed E-state index contributed by atoms with van der Waals surface area (Å²) in [6, 6.07) is 18.9. The van der Waals surface area contributed by atoms with Gasteiger partial charge < -0.3 is 25.0 Å². The lowest BCUT2D eigenvalue weighted by atomic mass is 9.96. The Hall–Kier alpha value is -4.49. The van der Waals surface area contributed by atoms with E-state index in [1.807, 2.05) is 24.3 Å². The highest BCUT2D eigenvalue weighted by atomic mass is 35.5. The molecule has 0 amide bonds. The molecule has 1 aliphatic rings. The lowest BCUT2D eigenvalue weighted by Gasteiger charge is -2.22. The molecule has 10 heteroatoms. The predicted molar refractivity (Wildman–Crippen MR) is 163 cm³/mol. The number of halogens is 2. The molecule has 0 bridgehead atoms. The Morgan fingerprint density at radius 3 is 2.70 bits per heavy atom. The summed E-state index contributed by atoms with van der Waals surface area (Å²) in [7, 11) is 0. The third kappa shape index (κ3) is 7.17. The molecule has 0 saturated carbocycles. The Kier molecular flexibility index (Phi) is 9.75. The topological polar surface area (TPSA) is 125 Å². The fourth-order valence-corrected chi connectivity index (χ4v) is 5.62. The van der Waals surface area contributed by atoms with Gasteiger partial charge in [0.2, 0.25) is 0 Å². The molecule has 8 nitrogen and oxygen atoms in total. The van der Waals surface area contributed by atoms with Crippen LogP contribution in [0.25, 0.3) is 11.1 Å². The van der Waals surface area contributed by atoms with Gasteiger partial charge in [0.1, 0.15) is 36.1 Å². The lowest BCUT2D eigenvalue weighted by molar-refractivity contribution is -0.138. The number of carboxylic acids is 1. The van der Waals surface area contributed by atoms with Gasteiger partial charge in [-0.05, 0) is 54.7 Å². The van der Waals surface area contributed by atoms with Gasteiger partial charge in [-0.15, -0.1) is 0 Å². The molecule has 44 heavy (non-hydrogen) atoms. The van der Waals surface area contributed by atoms with E-state index in [9.17, 15) is 24.7 Å². The van der Waals surface area contributed by atoms with Gasteiger partial charge in [-0.25, -0.2) is 4.39 Å². The first-order valence-corrected chi connectivity index (χ1v) is 14.6. The molecular formula is C34H31ClFN3O5. The van der Waals surface area contributed by atoms with E-state index in [4.69, 9.17) is 21.1 Å². The summed E-state index contributed by atoms with van der Waals surface area (Å²) in [4.78, 5) is 15.4. The van der Waals surface area contributed by atoms with E-state index in [1.54, 1.807) is 36.5 Å². The molecular weight excluding hydrogens is 585 g/mol. The number of aliphatic carboxylic acids is 1. The average Bonchev–Trinajstić information content (AvgIpc) is 3.42. The number of hydrogen-bond acceptors (Lipinski definition) is 7. The summed E-state index contributed by atoms with van der Waals surface area (Å²) in [5, 5.41) is 32.0. The molecule has 0 radical (unpaired) electrons. The highest BCUT2D eigenvalue weighted by Crippen LogP contribution is 2.43. The Morgan fingerprint density at radius 2 is 1.95 bits per heavy atom. The van der Waals surface area contributed by atoms with Gasteiger partial charge in [-0.2, -0.15) is 5.26 Å². The number of nitriles is 1. The van der Waals surface area contributed by atoms with E-state index in [2.05, 4.69) is 16.4 Å². The van der Waals surface area contributed by atoms with Gasteiger partial charge >= 0.3 is 5.97 Å². The van der Waals surface area contributed by atoms with Crippen LogP contribution < -0.4 is 14.8 Å².